The smallest absolute Gasteiger partial charge is 0.243 e. The van der Waals surface area contributed by atoms with Crippen LogP contribution in [-0.4, -0.2) is 57.1 Å². The van der Waals surface area contributed by atoms with Gasteiger partial charge in [0.25, 0.3) is 0 Å². The lowest BCUT2D eigenvalue weighted by molar-refractivity contribution is -0.141. The predicted molar refractivity (Wildman–Crippen MR) is 156 cm³/mol. The van der Waals surface area contributed by atoms with Gasteiger partial charge in [-0.3, -0.25) is 13.9 Å². The summed E-state index contributed by atoms with van der Waals surface area (Å²) in [5.74, 6) is 0.382. The highest BCUT2D eigenvalue weighted by Gasteiger charge is 2.30. The van der Waals surface area contributed by atoms with Gasteiger partial charge in [0.05, 0.1) is 19.1 Å². The van der Waals surface area contributed by atoms with Gasteiger partial charge in [-0.25, -0.2) is 8.42 Å². The molecule has 0 aromatic heterocycles. The number of carbonyl (C=O) groups is 2. The molecule has 214 valence electrons. The van der Waals surface area contributed by atoms with E-state index in [1.165, 1.54) is 10.7 Å². The van der Waals surface area contributed by atoms with Crippen LogP contribution in [0.2, 0.25) is 5.02 Å². The fraction of sp³-hybridized carbons (Fsp3) is 0.517. The van der Waals surface area contributed by atoms with Crippen LogP contribution in [0.25, 0.3) is 0 Å². The SMILES string of the molecule is CC[C@H](C(=O)NC1CCCCC1)N(Cc1ccc(OC)cc1)C(=O)CCCN(c1ccc(Cl)cc1)S(C)(=O)=O. The average Bonchev–Trinajstić information content (AvgIpc) is 2.92. The summed E-state index contributed by atoms with van der Waals surface area (Å²) >= 11 is 5.97. The van der Waals surface area contributed by atoms with Gasteiger partial charge in [0.15, 0.2) is 0 Å². The van der Waals surface area contributed by atoms with Crippen molar-refractivity contribution in [2.45, 2.75) is 76.9 Å². The first-order valence-electron chi connectivity index (χ1n) is 13.6. The van der Waals surface area contributed by atoms with Gasteiger partial charge in [0, 0.05) is 30.6 Å². The number of methoxy groups -OCH3 is 1. The molecule has 2 aromatic carbocycles. The first-order chi connectivity index (χ1) is 18.6. The Bertz CT molecular complexity index is 1180. The minimum Gasteiger partial charge on any atom is -0.497 e. The van der Waals surface area contributed by atoms with Crippen molar-refractivity contribution in [3.05, 3.63) is 59.1 Å². The van der Waals surface area contributed by atoms with Crippen molar-refractivity contribution in [3.8, 4) is 5.75 Å². The highest BCUT2D eigenvalue weighted by atomic mass is 35.5. The predicted octanol–water partition coefficient (Wildman–Crippen LogP) is 5.15. The summed E-state index contributed by atoms with van der Waals surface area (Å²) in [6.45, 7) is 2.31. The number of nitrogens with zero attached hydrogens (tertiary/aromatic N) is 2. The van der Waals surface area contributed by atoms with Gasteiger partial charge in [0.1, 0.15) is 11.8 Å². The van der Waals surface area contributed by atoms with Gasteiger partial charge in [0.2, 0.25) is 21.8 Å². The summed E-state index contributed by atoms with van der Waals surface area (Å²) in [7, 11) is -1.97. The largest absolute Gasteiger partial charge is 0.497 e. The van der Waals surface area contributed by atoms with Crippen LogP contribution in [0, 0.1) is 0 Å². The van der Waals surface area contributed by atoms with Crippen LogP contribution in [0.4, 0.5) is 5.69 Å². The summed E-state index contributed by atoms with van der Waals surface area (Å²) < 4.78 is 31.5. The number of carbonyl (C=O) groups excluding carboxylic acids is 2. The van der Waals surface area contributed by atoms with Crippen LogP contribution >= 0.6 is 11.6 Å². The minimum absolute atomic E-state index is 0.100. The molecule has 0 heterocycles. The Balaban J connectivity index is 1.75. The summed E-state index contributed by atoms with van der Waals surface area (Å²) in [5.41, 5.74) is 1.37. The molecule has 1 aliphatic carbocycles. The number of hydrogen-bond acceptors (Lipinski definition) is 5. The van der Waals surface area contributed by atoms with E-state index >= 15 is 0 Å². The molecule has 0 spiro atoms. The third-order valence-corrected chi connectivity index (χ3v) is 8.56. The number of hydrogen-bond donors (Lipinski definition) is 1. The molecular formula is C29H40ClN3O5S. The number of halogens is 1. The molecule has 0 saturated heterocycles. The Hall–Kier alpha value is -2.78. The fourth-order valence-corrected chi connectivity index (χ4v) is 6.09. The van der Waals surface area contributed by atoms with Crippen molar-refractivity contribution >= 4 is 39.1 Å². The maximum absolute atomic E-state index is 13.6. The highest BCUT2D eigenvalue weighted by molar-refractivity contribution is 7.92. The maximum Gasteiger partial charge on any atom is 0.243 e. The van der Waals surface area contributed by atoms with E-state index in [1.807, 2.05) is 31.2 Å². The van der Waals surface area contributed by atoms with Crippen molar-refractivity contribution in [1.82, 2.24) is 10.2 Å². The molecule has 1 saturated carbocycles. The van der Waals surface area contributed by atoms with Crippen LogP contribution in [0.3, 0.4) is 0 Å². The second kappa shape index (κ2) is 14.6. The number of amides is 2. The number of benzene rings is 2. The Morgan fingerprint density at radius 3 is 2.26 bits per heavy atom. The van der Waals surface area contributed by atoms with Crippen molar-refractivity contribution in [2.75, 3.05) is 24.2 Å². The summed E-state index contributed by atoms with van der Waals surface area (Å²) in [6, 6.07) is 13.5. The molecule has 2 amide bonds. The molecule has 10 heteroatoms. The average molecular weight is 578 g/mol. The topological polar surface area (TPSA) is 96.0 Å². The highest BCUT2D eigenvalue weighted by Crippen LogP contribution is 2.23. The first-order valence-corrected chi connectivity index (χ1v) is 15.8. The van der Waals surface area contributed by atoms with Gasteiger partial charge in [-0.15, -0.1) is 0 Å². The molecule has 0 bridgehead atoms. The number of rotatable bonds is 13. The summed E-state index contributed by atoms with van der Waals surface area (Å²) in [5, 5.41) is 3.69. The van der Waals surface area contributed by atoms with Gasteiger partial charge in [-0.1, -0.05) is 49.9 Å². The van der Waals surface area contributed by atoms with Gasteiger partial charge < -0.3 is 15.0 Å². The van der Waals surface area contributed by atoms with Crippen molar-refractivity contribution in [3.63, 3.8) is 0 Å². The second-order valence-electron chi connectivity index (χ2n) is 10.1. The number of anilines is 1. The molecule has 1 aliphatic rings. The molecule has 0 aliphatic heterocycles. The first kappa shape index (κ1) is 30.8. The molecule has 0 radical (unpaired) electrons. The number of nitrogens with one attached hydrogen (secondary N) is 1. The lowest BCUT2D eigenvalue weighted by Crippen LogP contribution is -2.51. The fourth-order valence-electron chi connectivity index (χ4n) is 5.00. The van der Waals surface area contributed by atoms with Crippen LogP contribution < -0.4 is 14.4 Å². The Morgan fingerprint density at radius 1 is 1.05 bits per heavy atom. The molecular weight excluding hydrogens is 538 g/mol. The van der Waals surface area contributed by atoms with Crippen LogP contribution in [0.1, 0.15) is 63.9 Å². The van der Waals surface area contributed by atoms with Gasteiger partial charge in [-0.05, 0) is 67.6 Å². The third kappa shape index (κ3) is 9.14. The zero-order valence-corrected chi connectivity index (χ0v) is 24.6. The van der Waals surface area contributed by atoms with Crippen LogP contribution in [0.15, 0.2) is 48.5 Å². The van der Waals surface area contributed by atoms with Gasteiger partial charge in [-0.2, -0.15) is 0 Å². The molecule has 1 fully saturated rings. The zero-order valence-electron chi connectivity index (χ0n) is 23.1. The van der Waals surface area contributed by atoms with Crippen molar-refractivity contribution < 1.29 is 22.7 Å². The summed E-state index contributed by atoms with van der Waals surface area (Å²) in [4.78, 5) is 28.6. The molecule has 8 nitrogen and oxygen atoms in total. The van der Waals surface area contributed by atoms with Crippen LogP contribution in [0.5, 0.6) is 5.75 Å². The van der Waals surface area contributed by atoms with E-state index in [1.54, 1.807) is 36.3 Å². The standard InChI is InChI=1S/C29H40ClN3O5S/c1-4-27(29(35)31-24-9-6-5-7-10-24)32(21-22-12-18-26(38-2)19-13-22)28(34)11-8-20-33(39(3,36)37)25-16-14-23(30)15-17-25/h12-19,24,27H,4-11,20-21H2,1-3H3,(H,31,35)/t27-/m1/s1. The van der Waals surface area contributed by atoms with E-state index in [4.69, 9.17) is 16.3 Å². The zero-order chi connectivity index (χ0) is 28.4. The molecule has 0 unspecified atom stereocenters. The molecule has 2 aromatic rings. The maximum atomic E-state index is 13.6. The second-order valence-corrected chi connectivity index (χ2v) is 12.4. The van der Waals surface area contributed by atoms with Gasteiger partial charge >= 0.3 is 0 Å². The minimum atomic E-state index is -3.57. The van der Waals surface area contributed by atoms with E-state index in [0.29, 0.717) is 29.3 Å². The normalized spacial score (nSPS) is 14.9. The lowest BCUT2D eigenvalue weighted by atomic mass is 9.95. The van der Waals surface area contributed by atoms with E-state index in [9.17, 15) is 18.0 Å². The Kier molecular flexibility index (Phi) is 11.5. The molecule has 39 heavy (non-hydrogen) atoms. The third-order valence-electron chi connectivity index (χ3n) is 7.12. The number of sulfonamides is 1. The van der Waals surface area contributed by atoms with E-state index in [-0.39, 0.29) is 37.4 Å². The Morgan fingerprint density at radius 2 is 1.69 bits per heavy atom. The van der Waals surface area contributed by atoms with E-state index in [2.05, 4.69) is 5.32 Å². The molecule has 1 atom stereocenters. The lowest BCUT2D eigenvalue weighted by Gasteiger charge is -2.33. The van der Waals surface area contributed by atoms with Crippen LogP contribution in [-0.2, 0) is 26.2 Å². The molecule has 1 N–H and O–H groups in total. The number of ether oxygens (including phenoxy) is 1. The van der Waals surface area contributed by atoms with E-state index < -0.39 is 16.1 Å². The summed E-state index contributed by atoms with van der Waals surface area (Å²) in [6.07, 6.45) is 7.31. The van der Waals surface area contributed by atoms with E-state index in [0.717, 1.165) is 37.5 Å². The monoisotopic (exact) mass is 577 g/mol. The Labute approximate surface area is 237 Å². The van der Waals surface area contributed by atoms with Crippen molar-refractivity contribution in [1.29, 1.82) is 0 Å². The quantitative estimate of drug-likeness (QED) is 0.355. The molecule has 3 rings (SSSR count). The van der Waals surface area contributed by atoms with Crippen molar-refractivity contribution in [2.24, 2.45) is 0 Å².